The van der Waals surface area contributed by atoms with Crippen LogP contribution in [0, 0.1) is 5.92 Å². The second-order valence-corrected chi connectivity index (χ2v) is 10.3. The van der Waals surface area contributed by atoms with Crippen LogP contribution in [0.25, 0.3) is 10.9 Å². The summed E-state index contributed by atoms with van der Waals surface area (Å²) in [6, 6.07) is 6.09. The van der Waals surface area contributed by atoms with Gasteiger partial charge in [0.15, 0.2) is 0 Å². The van der Waals surface area contributed by atoms with E-state index in [4.69, 9.17) is 4.74 Å². The minimum Gasteiger partial charge on any atom is -0.463 e. The summed E-state index contributed by atoms with van der Waals surface area (Å²) < 4.78 is 5.48. The Bertz CT molecular complexity index is 1190. The molecule has 4 atom stereocenters. The van der Waals surface area contributed by atoms with Gasteiger partial charge in [-0.1, -0.05) is 36.8 Å². The topological polar surface area (TPSA) is 121 Å². The average molecular weight is 525 g/mol. The largest absolute Gasteiger partial charge is 0.463 e. The van der Waals surface area contributed by atoms with E-state index in [0.29, 0.717) is 12.8 Å². The maximum Gasteiger partial charge on any atom is 0.307 e. The molecule has 0 aliphatic carbocycles. The van der Waals surface area contributed by atoms with Gasteiger partial charge < -0.3 is 25.3 Å². The molecule has 206 valence electrons. The number of fused-ring (bicyclic) bond motifs is 1. The summed E-state index contributed by atoms with van der Waals surface area (Å²) in [5.41, 5.74) is 2.89. The molecule has 1 aliphatic heterocycles. The number of allylic oxidation sites excluding steroid dienone is 2. The van der Waals surface area contributed by atoms with Crippen molar-refractivity contribution < 1.29 is 23.9 Å². The Morgan fingerprint density at radius 1 is 1.05 bits per heavy atom. The van der Waals surface area contributed by atoms with Crippen LogP contribution in [0.4, 0.5) is 0 Å². The first-order valence-corrected chi connectivity index (χ1v) is 13.3. The molecule has 9 heteroatoms. The van der Waals surface area contributed by atoms with E-state index in [9.17, 15) is 19.2 Å². The fourth-order valence-electron chi connectivity index (χ4n) is 4.76. The third-order valence-corrected chi connectivity index (χ3v) is 7.04. The minimum absolute atomic E-state index is 0.0341. The molecule has 3 amide bonds. The van der Waals surface area contributed by atoms with Crippen molar-refractivity contribution in [1.82, 2.24) is 20.5 Å². The second-order valence-electron chi connectivity index (χ2n) is 10.3. The first-order chi connectivity index (χ1) is 18.1. The zero-order valence-electron chi connectivity index (χ0n) is 23.0. The molecule has 0 saturated carbocycles. The Kier molecular flexibility index (Phi) is 10.1. The molecule has 0 spiro atoms. The van der Waals surface area contributed by atoms with Gasteiger partial charge in [0, 0.05) is 43.0 Å². The highest BCUT2D eigenvalue weighted by atomic mass is 16.5. The van der Waals surface area contributed by atoms with Crippen LogP contribution < -0.4 is 10.6 Å². The lowest BCUT2D eigenvalue weighted by Gasteiger charge is -2.30. The standard InChI is InChI=1S/C29H40N4O5/c1-18-9-8-10-20(3)38-26(34)13-14-30-28(36)25(16-22-17-31-24-12-7-6-11-23(22)24)33(5)29(37)21(4)32-27(35)19(2)15-18/h6-7,9,11-12,17,19-21,25,31H,8,10,13-16H2,1-5H3,(H,30,36)(H,32,35)/b18-9+/t19-,20-,21-,25+/m0/s1. The number of hydrogen-bond acceptors (Lipinski definition) is 5. The molecule has 3 rings (SSSR count). The molecule has 0 radical (unpaired) electrons. The Morgan fingerprint density at radius 3 is 2.55 bits per heavy atom. The highest BCUT2D eigenvalue weighted by Crippen LogP contribution is 2.21. The SMILES string of the molecule is C/C1=C\CC[C@H](C)OC(=O)CCNC(=O)[C@@H](Cc2c[nH]c3ccccc23)N(C)C(=O)[C@H](C)NC(=O)[C@@H](C)C1. The normalized spacial score (nSPS) is 26.9. The van der Waals surface area contributed by atoms with Crippen molar-refractivity contribution in [2.75, 3.05) is 13.6 Å². The Balaban J connectivity index is 1.85. The summed E-state index contributed by atoms with van der Waals surface area (Å²) in [7, 11) is 1.57. The van der Waals surface area contributed by atoms with Crippen LogP contribution in [0.5, 0.6) is 0 Å². The van der Waals surface area contributed by atoms with E-state index in [1.807, 2.05) is 51.2 Å². The molecule has 0 fully saturated rings. The van der Waals surface area contributed by atoms with E-state index in [1.54, 1.807) is 14.0 Å². The zero-order chi connectivity index (χ0) is 27.8. The van der Waals surface area contributed by atoms with E-state index in [0.717, 1.165) is 28.5 Å². The van der Waals surface area contributed by atoms with Crippen LogP contribution >= 0.6 is 0 Å². The number of H-pyrrole nitrogens is 1. The van der Waals surface area contributed by atoms with Gasteiger partial charge in [-0.15, -0.1) is 0 Å². The molecule has 38 heavy (non-hydrogen) atoms. The van der Waals surface area contributed by atoms with Gasteiger partial charge in [0.25, 0.3) is 0 Å². The Hall–Kier alpha value is -3.62. The van der Waals surface area contributed by atoms with E-state index in [2.05, 4.69) is 21.7 Å². The number of nitrogens with one attached hydrogen (secondary N) is 3. The lowest BCUT2D eigenvalue weighted by Crippen LogP contribution is -2.54. The smallest absolute Gasteiger partial charge is 0.307 e. The first kappa shape index (κ1) is 28.9. The predicted molar refractivity (Wildman–Crippen MR) is 146 cm³/mol. The van der Waals surface area contributed by atoms with Crippen molar-refractivity contribution in [2.45, 2.75) is 78.0 Å². The summed E-state index contributed by atoms with van der Waals surface area (Å²) in [5.74, 6) is -1.68. The monoisotopic (exact) mass is 524 g/mol. The molecule has 1 aliphatic rings. The number of ether oxygens (including phenoxy) is 1. The lowest BCUT2D eigenvalue weighted by atomic mass is 9.99. The number of rotatable bonds is 2. The van der Waals surface area contributed by atoms with E-state index in [-0.39, 0.29) is 55.1 Å². The van der Waals surface area contributed by atoms with Crippen molar-refractivity contribution in [3.63, 3.8) is 0 Å². The number of aromatic amines is 1. The maximum atomic E-state index is 13.4. The quantitative estimate of drug-likeness (QED) is 0.411. The van der Waals surface area contributed by atoms with Crippen molar-refractivity contribution in [3.05, 3.63) is 47.7 Å². The summed E-state index contributed by atoms with van der Waals surface area (Å²) in [6.45, 7) is 7.37. The molecule has 0 bridgehead atoms. The number of aromatic nitrogens is 1. The number of carbonyl (C=O) groups is 4. The number of hydrogen-bond donors (Lipinski definition) is 3. The average Bonchev–Trinajstić information content (AvgIpc) is 3.28. The van der Waals surface area contributed by atoms with Crippen molar-refractivity contribution >= 4 is 34.6 Å². The third-order valence-electron chi connectivity index (χ3n) is 7.04. The molecule has 9 nitrogen and oxygen atoms in total. The van der Waals surface area contributed by atoms with Crippen molar-refractivity contribution in [3.8, 4) is 0 Å². The van der Waals surface area contributed by atoms with Gasteiger partial charge in [-0.3, -0.25) is 19.2 Å². The van der Waals surface area contributed by atoms with Crippen LogP contribution in [0.1, 0.15) is 58.9 Å². The van der Waals surface area contributed by atoms with Crippen LogP contribution in [-0.4, -0.2) is 65.4 Å². The van der Waals surface area contributed by atoms with Crippen LogP contribution in [0.2, 0.25) is 0 Å². The number of cyclic esters (lactones) is 1. The number of para-hydroxylation sites is 1. The molecular weight excluding hydrogens is 484 g/mol. The van der Waals surface area contributed by atoms with E-state index in [1.165, 1.54) is 4.90 Å². The number of benzene rings is 1. The molecule has 1 aromatic carbocycles. The fraction of sp³-hybridized carbons (Fsp3) is 0.517. The third kappa shape index (κ3) is 7.69. The number of esters is 1. The summed E-state index contributed by atoms with van der Waals surface area (Å²) in [6.07, 6.45) is 5.88. The van der Waals surface area contributed by atoms with Gasteiger partial charge in [0.05, 0.1) is 12.5 Å². The van der Waals surface area contributed by atoms with Crippen LogP contribution in [0.15, 0.2) is 42.1 Å². The summed E-state index contributed by atoms with van der Waals surface area (Å²) in [4.78, 5) is 56.5. The number of amides is 3. The Labute approximate surface area is 224 Å². The minimum atomic E-state index is -0.847. The summed E-state index contributed by atoms with van der Waals surface area (Å²) in [5, 5.41) is 6.59. The number of nitrogens with zero attached hydrogens (tertiary/aromatic N) is 1. The predicted octanol–water partition coefficient (Wildman–Crippen LogP) is 3.25. The van der Waals surface area contributed by atoms with Gasteiger partial charge in [0.1, 0.15) is 12.1 Å². The molecular formula is C29H40N4O5. The second kappa shape index (κ2) is 13.3. The number of likely N-dealkylation sites (N-methyl/N-ethyl adjacent to an activating group) is 1. The summed E-state index contributed by atoms with van der Waals surface area (Å²) >= 11 is 0. The van der Waals surface area contributed by atoms with Gasteiger partial charge in [-0.05, 0) is 51.7 Å². The molecule has 3 N–H and O–H groups in total. The maximum absolute atomic E-state index is 13.4. The van der Waals surface area contributed by atoms with Crippen LogP contribution in [0.3, 0.4) is 0 Å². The highest BCUT2D eigenvalue weighted by molar-refractivity contribution is 5.93. The van der Waals surface area contributed by atoms with Crippen molar-refractivity contribution in [1.29, 1.82) is 0 Å². The lowest BCUT2D eigenvalue weighted by molar-refractivity contribution is -0.148. The molecule has 0 unspecified atom stereocenters. The Morgan fingerprint density at radius 2 is 1.79 bits per heavy atom. The van der Waals surface area contributed by atoms with Gasteiger partial charge >= 0.3 is 5.97 Å². The molecule has 1 aromatic heterocycles. The van der Waals surface area contributed by atoms with Crippen molar-refractivity contribution in [2.24, 2.45) is 5.92 Å². The highest BCUT2D eigenvalue weighted by Gasteiger charge is 2.31. The van der Waals surface area contributed by atoms with Gasteiger partial charge in [-0.25, -0.2) is 0 Å². The van der Waals surface area contributed by atoms with Gasteiger partial charge in [-0.2, -0.15) is 0 Å². The zero-order valence-corrected chi connectivity index (χ0v) is 23.0. The van der Waals surface area contributed by atoms with Crippen LogP contribution in [-0.2, 0) is 30.3 Å². The van der Waals surface area contributed by atoms with E-state index < -0.39 is 12.1 Å². The van der Waals surface area contributed by atoms with E-state index >= 15 is 0 Å². The first-order valence-electron chi connectivity index (χ1n) is 13.3. The molecule has 2 aromatic rings. The molecule has 2 heterocycles. The molecule has 0 saturated heterocycles. The fourth-order valence-corrected chi connectivity index (χ4v) is 4.76. The van der Waals surface area contributed by atoms with Gasteiger partial charge in [0.2, 0.25) is 17.7 Å². The number of carbonyl (C=O) groups excluding carboxylic acids is 4.